The molecule has 18 heavy (non-hydrogen) atoms. The van der Waals surface area contributed by atoms with Crippen LogP contribution in [0.3, 0.4) is 0 Å². The SMILES string of the molecule is CCOC(CC)C(O)Cc1cc(OC)ccc1Br. The number of rotatable bonds is 7. The minimum absolute atomic E-state index is 0.117. The first kappa shape index (κ1) is 15.5. The molecular formula is C14H21BrO3. The highest BCUT2D eigenvalue weighted by molar-refractivity contribution is 9.10. The highest BCUT2D eigenvalue weighted by atomic mass is 79.9. The Labute approximate surface area is 117 Å². The summed E-state index contributed by atoms with van der Waals surface area (Å²) in [6, 6.07) is 5.76. The number of aliphatic hydroxyl groups is 1. The number of ether oxygens (including phenoxy) is 2. The van der Waals surface area contributed by atoms with Gasteiger partial charge in [0, 0.05) is 17.5 Å². The molecule has 2 unspecified atom stereocenters. The second-order valence-electron chi connectivity index (χ2n) is 4.13. The summed E-state index contributed by atoms with van der Waals surface area (Å²) in [5, 5.41) is 10.2. The van der Waals surface area contributed by atoms with E-state index in [4.69, 9.17) is 9.47 Å². The zero-order valence-corrected chi connectivity index (χ0v) is 12.7. The molecule has 4 heteroatoms. The minimum atomic E-state index is -0.502. The van der Waals surface area contributed by atoms with Crippen molar-refractivity contribution in [1.82, 2.24) is 0 Å². The lowest BCUT2D eigenvalue weighted by Crippen LogP contribution is -2.30. The molecule has 1 aromatic carbocycles. The molecule has 3 nitrogen and oxygen atoms in total. The molecule has 0 heterocycles. The van der Waals surface area contributed by atoms with Crippen molar-refractivity contribution in [1.29, 1.82) is 0 Å². The van der Waals surface area contributed by atoms with Crippen LogP contribution in [0.2, 0.25) is 0 Å². The van der Waals surface area contributed by atoms with Crippen molar-refractivity contribution < 1.29 is 14.6 Å². The molecule has 0 bridgehead atoms. The van der Waals surface area contributed by atoms with E-state index in [9.17, 15) is 5.11 Å². The Kier molecular flexibility index (Phi) is 6.68. The molecule has 0 saturated heterocycles. The molecule has 1 rings (SSSR count). The number of hydrogen-bond acceptors (Lipinski definition) is 3. The molecule has 0 saturated carbocycles. The van der Waals surface area contributed by atoms with Crippen LogP contribution in [0.15, 0.2) is 22.7 Å². The monoisotopic (exact) mass is 316 g/mol. The van der Waals surface area contributed by atoms with Gasteiger partial charge in [-0.15, -0.1) is 0 Å². The fourth-order valence-corrected chi connectivity index (χ4v) is 2.31. The van der Waals surface area contributed by atoms with Crippen LogP contribution in [0.1, 0.15) is 25.8 Å². The van der Waals surface area contributed by atoms with Gasteiger partial charge >= 0.3 is 0 Å². The van der Waals surface area contributed by atoms with Crippen LogP contribution in [0.25, 0.3) is 0 Å². The van der Waals surface area contributed by atoms with E-state index in [2.05, 4.69) is 15.9 Å². The predicted octanol–water partition coefficient (Wildman–Crippen LogP) is 3.18. The van der Waals surface area contributed by atoms with Gasteiger partial charge in [0.25, 0.3) is 0 Å². The van der Waals surface area contributed by atoms with Crippen LogP contribution in [0.4, 0.5) is 0 Å². The predicted molar refractivity (Wildman–Crippen MR) is 76.1 cm³/mol. The molecule has 102 valence electrons. The quantitative estimate of drug-likeness (QED) is 0.839. The topological polar surface area (TPSA) is 38.7 Å². The molecule has 0 radical (unpaired) electrons. The van der Waals surface area contributed by atoms with E-state index in [-0.39, 0.29) is 6.10 Å². The Balaban J connectivity index is 2.76. The van der Waals surface area contributed by atoms with E-state index in [1.54, 1.807) is 7.11 Å². The van der Waals surface area contributed by atoms with Crippen molar-refractivity contribution in [3.05, 3.63) is 28.2 Å². The van der Waals surface area contributed by atoms with Crippen molar-refractivity contribution >= 4 is 15.9 Å². The molecule has 0 aliphatic heterocycles. The van der Waals surface area contributed by atoms with Gasteiger partial charge in [0.1, 0.15) is 5.75 Å². The molecule has 0 fully saturated rings. The zero-order chi connectivity index (χ0) is 13.5. The van der Waals surface area contributed by atoms with Gasteiger partial charge in [0.15, 0.2) is 0 Å². The van der Waals surface area contributed by atoms with E-state index in [0.29, 0.717) is 13.0 Å². The third kappa shape index (κ3) is 4.26. The van der Waals surface area contributed by atoms with Crippen LogP contribution >= 0.6 is 15.9 Å². The van der Waals surface area contributed by atoms with Gasteiger partial charge in [-0.2, -0.15) is 0 Å². The maximum Gasteiger partial charge on any atom is 0.119 e. The summed E-state index contributed by atoms with van der Waals surface area (Å²) >= 11 is 3.49. The Morgan fingerprint density at radius 1 is 1.33 bits per heavy atom. The third-order valence-electron chi connectivity index (χ3n) is 2.89. The summed E-state index contributed by atoms with van der Waals surface area (Å²) in [6.07, 6.45) is 0.735. The smallest absolute Gasteiger partial charge is 0.119 e. The first-order chi connectivity index (χ1) is 8.62. The number of benzene rings is 1. The van der Waals surface area contributed by atoms with Crippen LogP contribution in [-0.4, -0.2) is 31.0 Å². The van der Waals surface area contributed by atoms with E-state index >= 15 is 0 Å². The Hall–Kier alpha value is -0.580. The molecule has 1 aromatic rings. The molecule has 0 aromatic heterocycles. The lowest BCUT2D eigenvalue weighted by Gasteiger charge is -2.22. The summed E-state index contributed by atoms with van der Waals surface area (Å²) in [7, 11) is 1.64. The molecule has 0 aliphatic carbocycles. The summed E-state index contributed by atoms with van der Waals surface area (Å²) in [6.45, 7) is 4.58. The lowest BCUT2D eigenvalue weighted by atomic mass is 10.0. The first-order valence-corrected chi connectivity index (χ1v) is 7.03. The molecule has 0 spiro atoms. The number of methoxy groups -OCH3 is 1. The fraction of sp³-hybridized carbons (Fsp3) is 0.571. The van der Waals surface area contributed by atoms with Gasteiger partial charge in [-0.25, -0.2) is 0 Å². The van der Waals surface area contributed by atoms with Crippen LogP contribution in [0.5, 0.6) is 5.75 Å². The average molecular weight is 317 g/mol. The molecule has 2 atom stereocenters. The van der Waals surface area contributed by atoms with Crippen molar-refractivity contribution in [2.45, 2.75) is 38.9 Å². The van der Waals surface area contributed by atoms with Crippen molar-refractivity contribution in [3.63, 3.8) is 0 Å². The van der Waals surface area contributed by atoms with E-state index in [1.165, 1.54) is 0 Å². The maximum atomic E-state index is 10.2. The highest BCUT2D eigenvalue weighted by Crippen LogP contribution is 2.24. The van der Waals surface area contributed by atoms with Crippen molar-refractivity contribution in [3.8, 4) is 5.75 Å². The van der Waals surface area contributed by atoms with E-state index in [1.807, 2.05) is 32.0 Å². The van der Waals surface area contributed by atoms with Gasteiger partial charge in [0.2, 0.25) is 0 Å². The van der Waals surface area contributed by atoms with E-state index < -0.39 is 6.10 Å². The standard InChI is InChI=1S/C14H21BrO3/c1-4-14(18-5-2)13(16)9-10-8-11(17-3)6-7-12(10)15/h6-8,13-14,16H,4-5,9H2,1-3H3. The molecular weight excluding hydrogens is 296 g/mol. The zero-order valence-electron chi connectivity index (χ0n) is 11.1. The first-order valence-electron chi connectivity index (χ1n) is 6.24. The Morgan fingerprint density at radius 3 is 2.61 bits per heavy atom. The number of aliphatic hydroxyl groups excluding tert-OH is 1. The summed E-state index contributed by atoms with van der Waals surface area (Å²) in [5.74, 6) is 0.796. The van der Waals surface area contributed by atoms with Gasteiger partial charge < -0.3 is 14.6 Å². The third-order valence-corrected chi connectivity index (χ3v) is 3.67. The van der Waals surface area contributed by atoms with Crippen LogP contribution in [-0.2, 0) is 11.2 Å². The lowest BCUT2D eigenvalue weighted by molar-refractivity contribution is -0.0335. The van der Waals surface area contributed by atoms with Crippen LogP contribution < -0.4 is 4.74 Å². The van der Waals surface area contributed by atoms with Crippen molar-refractivity contribution in [2.75, 3.05) is 13.7 Å². The normalized spacial score (nSPS) is 14.3. The second-order valence-corrected chi connectivity index (χ2v) is 4.99. The van der Waals surface area contributed by atoms with Gasteiger partial charge in [-0.1, -0.05) is 22.9 Å². The molecule has 0 amide bonds. The largest absolute Gasteiger partial charge is 0.497 e. The Morgan fingerprint density at radius 2 is 2.06 bits per heavy atom. The highest BCUT2D eigenvalue weighted by Gasteiger charge is 2.19. The molecule has 1 N–H and O–H groups in total. The Bertz CT molecular complexity index is 368. The number of halogens is 1. The van der Waals surface area contributed by atoms with Gasteiger partial charge in [-0.05, 0) is 37.1 Å². The fourth-order valence-electron chi connectivity index (χ4n) is 1.91. The summed E-state index contributed by atoms with van der Waals surface area (Å²) < 4.78 is 11.7. The maximum absolute atomic E-state index is 10.2. The average Bonchev–Trinajstić information content (AvgIpc) is 2.38. The van der Waals surface area contributed by atoms with Gasteiger partial charge in [-0.3, -0.25) is 0 Å². The van der Waals surface area contributed by atoms with Crippen molar-refractivity contribution in [2.24, 2.45) is 0 Å². The summed E-state index contributed by atoms with van der Waals surface area (Å²) in [5.41, 5.74) is 1.03. The molecule has 0 aliphatic rings. The van der Waals surface area contributed by atoms with Gasteiger partial charge in [0.05, 0.1) is 19.3 Å². The van der Waals surface area contributed by atoms with E-state index in [0.717, 1.165) is 22.2 Å². The number of hydrogen-bond donors (Lipinski definition) is 1. The second kappa shape index (κ2) is 7.77. The van der Waals surface area contributed by atoms with Crippen LogP contribution in [0, 0.1) is 0 Å². The summed E-state index contributed by atoms with van der Waals surface area (Å²) in [4.78, 5) is 0. The minimum Gasteiger partial charge on any atom is -0.497 e.